The number of halogens is 1. The maximum Gasteiger partial charge on any atom is 0.319 e. The number of nitrogens with zero attached hydrogens (tertiary/aromatic N) is 2. The SMILES string of the molecule is CC(C)NC(=O)Nc1ccc2c(c1)CC(=O)N([C@@H](C)CO)C[C@H](C)[C@@H](CN(C)S(=O)(=O)c1ccc(F)cc1)O2. The van der Waals surface area contributed by atoms with Crippen molar-refractivity contribution < 1.29 is 32.2 Å². The van der Waals surface area contributed by atoms with Gasteiger partial charge in [0.1, 0.15) is 17.7 Å². The Kier molecular flexibility index (Phi) is 9.92. The number of carbonyl (C=O) groups is 2. The molecule has 3 rings (SSSR count). The predicted molar refractivity (Wildman–Crippen MR) is 145 cm³/mol. The van der Waals surface area contributed by atoms with E-state index in [0.717, 1.165) is 16.4 Å². The number of sulfonamides is 1. The number of fused-ring (bicyclic) bond motifs is 1. The highest BCUT2D eigenvalue weighted by Gasteiger charge is 2.33. The van der Waals surface area contributed by atoms with E-state index in [1.165, 1.54) is 19.2 Å². The van der Waals surface area contributed by atoms with Gasteiger partial charge < -0.3 is 25.4 Å². The number of urea groups is 1. The molecule has 2 aromatic rings. The average molecular weight is 565 g/mol. The van der Waals surface area contributed by atoms with Crippen LogP contribution in [0.15, 0.2) is 47.4 Å². The van der Waals surface area contributed by atoms with Crippen LogP contribution < -0.4 is 15.4 Å². The summed E-state index contributed by atoms with van der Waals surface area (Å²) >= 11 is 0. The fourth-order valence-corrected chi connectivity index (χ4v) is 5.48. The number of rotatable bonds is 8. The van der Waals surface area contributed by atoms with Crippen molar-refractivity contribution in [3.63, 3.8) is 0 Å². The molecule has 2 aromatic carbocycles. The van der Waals surface area contributed by atoms with Crippen LogP contribution >= 0.6 is 0 Å². The van der Waals surface area contributed by atoms with Gasteiger partial charge in [0.15, 0.2) is 0 Å². The summed E-state index contributed by atoms with van der Waals surface area (Å²) in [5.74, 6) is -0.708. The molecule has 12 heteroatoms. The first-order valence-corrected chi connectivity index (χ1v) is 14.2. The van der Waals surface area contributed by atoms with Crippen molar-refractivity contribution in [2.45, 2.75) is 57.2 Å². The Morgan fingerprint density at radius 2 is 1.87 bits per heavy atom. The zero-order valence-electron chi connectivity index (χ0n) is 22.8. The number of aliphatic hydroxyl groups excluding tert-OH is 1. The minimum Gasteiger partial charge on any atom is -0.488 e. The minimum absolute atomic E-state index is 0.0375. The highest BCUT2D eigenvalue weighted by molar-refractivity contribution is 7.89. The molecule has 3 amide bonds. The molecule has 214 valence electrons. The van der Waals surface area contributed by atoms with E-state index in [1.54, 1.807) is 30.0 Å². The number of nitrogens with one attached hydrogen (secondary N) is 2. The van der Waals surface area contributed by atoms with Gasteiger partial charge in [-0.25, -0.2) is 17.6 Å². The standard InChI is InChI=1S/C27H37FN4O6S/c1-17(2)29-27(35)30-22-8-11-24-20(12-22)13-26(34)32(19(4)16-33)14-18(3)25(38-24)15-31(5)39(36,37)23-9-6-21(28)7-10-23/h6-12,17-19,25,33H,13-16H2,1-5H3,(H2,29,30,35)/t18-,19-,25+/m0/s1. The van der Waals surface area contributed by atoms with E-state index in [1.807, 2.05) is 20.8 Å². The van der Waals surface area contributed by atoms with Crippen molar-refractivity contribution in [3.05, 3.63) is 53.8 Å². The zero-order chi connectivity index (χ0) is 28.9. The summed E-state index contributed by atoms with van der Waals surface area (Å²) in [5, 5.41) is 15.3. The van der Waals surface area contributed by atoms with Crippen molar-refractivity contribution in [2.24, 2.45) is 5.92 Å². The Morgan fingerprint density at radius 1 is 1.21 bits per heavy atom. The van der Waals surface area contributed by atoms with Crippen molar-refractivity contribution in [3.8, 4) is 5.75 Å². The van der Waals surface area contributed by atoms with Crippen LogP contribution in [-0.4, -0.2) is 79.6 Å². The largest absolute Gasteiger partial charge is 0.488 e. The number of likely N-dealkylation sites (N-methyl/N-ethyl adjacent to an activating group) is 1. The molecule has 0 unspecified atom stereocenters. The summed E-state index contributed by atoms with van der Waals surface area (Å²) in [7, 11) is -2.53. The maximum absolute atomic E-state index is 13.4. The van der Waals surface area contributed by atoms with Crippen LogP contribution in [0.1, 0.15) is 33.3 Å². The van der Waals surface area contributed by atoms with Gasteiger partial charge in [0.05, 0.1) is 30.5 Å². The van der Waals surface area contributed by atoms with Gasteiger partial charge >= 0.3 is 6.03 Å². The lowest BCUT2D eigenvalue weighted by Crippen LogP contribution is -2.48. The fourth-order valence-electron chi connectivity index (χ4n) is 4.29. The van der Waals surface area contributed by atoms with Gasteiger partial charge in [-0.2, -0.15) is 4.31 Å². The predicted octanol–water partition coefficient (Wildman–Crippen LogP) is 2.83. The number of amides is 3. The molecule has 3 N–H and O–H groups in total. The van der Waals surface area contributed by atoms with E-state index >= 15 is 0 Å². The molecule has 1 aliphatic heterocycles. The molecule has 1 aliphatic rings. The van der Waals surface area contributed by atoms with E-state index < -0.39 is 34.0 Å². The molecule has 39 heavy (non-hydrogen) atoms. The van der Waals surface area contributed by atoms with Crippen LogP contribution in [-0.2, 0) is 21.2 Å². The molecule has 0 saturated carbocycles. The Labute approximate surface area is 229 Å². The maximum atomic E-state index is 13.4. The van der Waals surface area contributed by atoms with Gasteiger partial charge in [-0.05, 0) is 63.2 Å². The Morgan fingerprint density at radius 3 is 2.49 bits per heavy atom. The van der Waals surface area contributed by atoms with Crippen molar-refractivity contribution in [2.75, 3.05) is 32.1 Å². The first-order chi connectivity index (χ1) is 18.3. The Hall–Kier alpha value is -3.22. The van der Waals surface area contributed by atoms with Crippen LogP contribution in [0.3, 0.4) is 0 Å². The quantitative estimate of drug-likeness (QED) is 0.453. The van der Waals surface area contributed by atoms with Crippen LogP contribution in [0.4, 0.5) is 14.9 Å². The van der Waals surface area contributed by atoms with E-state index in [-0.39, 0.29) is 48.9 Å². The second-order valence-corrected chi connectivity index (χ2v) is 12.2. The highest BCUT2D eigenvalue weighted by atomic mass is 32.2. The van der Waals surface area contributed by atoms with E-state index in [9.17, 15) is 27.5 Å². The third-order valence-corrected chi connectivity index (χ3v) is 8.39. The summed E-state index contributed by atoms with van der Waals surface area (Å²) in [6.07, 6.45) is -0.712. The number of aliphatic hydroxyl groups is 1. The summed E-state index contributed by atoms with van der Waals surface area (Å²) in [5.41, 5.74) is 0.977. The third kappa shape index (κ3) is 7.68. The number of hydrogen-bond acceptors (Lipinski definition) is 6. The summed E-state index contributed by atoms with van der Waals surface area (Å²) in [6, 6.07) is 8.60. The van der Waals surface area contributed by atoms with Crippen molar-refractivity contribution >= 4 is 27.6 Å². The lowest BCUT2D eigenvalue weighted by molar-refractivity contribution is -0.134. The molecule has 0 saturated heterocycles. The molecule has 3 atom stereocenters. The fraction of sp³-hybridized carbons (Fsp3) is 0.481. The lowest BCUT2D eigenvalue weighted by atomic mass is 10.0. The third-order valence-electron chi connectivity index (χ3n) is 6.55. The second-order valence-electron chi connectivity index (χ2n) is 10.2. The van der Waals surface area contributed by atoms with Crippen LogP contribution in [0.5, 0.6) is 5.75 Å². The molecule has 10 nitrogen and oxygen atoms in total. The topological polar surface area (TPSA) is 128 Å². The van der Waals surface area contributed by atoms with Crippen molar-refractivity contribution in [1.82, 2.24) is 14.5 Å². The highest BCUT2D eigenvalue weighted by Crippen LogP contribution is 2.30. The first-order valence-electron chi connectivity index (χ1n) is 12.8. The summed E-state index contributed by atoms with van der Waals surface area (Å²) in [6.45, 7) is 7.19. The number of benzene rings is 2. The molecule has 0 radical (unpaired) electrons. The number of ether oxygens (including phenoxy) is 1. The van der Waals surface area contributed by atoms with Gasteiger partial charge in [-0.15, -0.1) is 0 Å². The molecule has 0 spiro atoms. The van der Waals surface area contributed by atoms with Crippen LogP contribution in [0, 0.1) is 11.7 Å². The Bertz CT molecular complexity index is 1270. The molecular weight excluding hydrogens is 527 g/mol. The number of hydrogen-bond donors (Lipinski definition) is 3. The van der Waals surface area contributed by atoms with Gasteiger partial charge in [0, 0.05) is 36.8 Å². The minimum atomic E-state index is -3.95. The molecule has 0 fully saturated rings. The first kappa shape index (κ1) is 30.3. The van der Waals surface area contributed by atoms with Gasteiger partial charge in [-0.1, -0.05) is 6.92 Å². The monoisotopic (exact) mass is 564 g/mol. The van der Waals surface area contributed by atoms with E-state index in [4.69, 9.17) is 4.74 Å². The second kappa shape index (κ2) is 12.8. The smallest absolute Gasteiger partial charge is 0.319 e. The summed E-state index contributed by atoms with van der Waals surface area (Å²) in [4.78, 5) is 27.1. The van der Waals surface area contributed by atoms with E-state index in [2.05, 4.69) is 10.6 Å². The molecule has 0 aliphatic carbocycles. The molecule has 0 aromatic heterocycles. The number of anilines is 1. The Balaban J connectivity index is 1.95. The molecular formula is C27H37FN4O6S. The van der Waals surface area contributed by atoms with Gasteiger partial charge in [0.25, 0.3) is 0 Å². The molecule has 0 bridgehead atoms. The molecule has 1 heterocycles. The van der Waals surface area contributed by atoms with Gasteiger partial charge in [-0.3, -0.25) is 4.79 Å². The van der Waals surface area contributed by atoms with Gasteiger partial charge in [0.2, 0.25) is 15.9 Å². The zero-order valence-corrected chi connectivity index (χ0v) is 23.7. The van der Waals surface area contributed by atoms with Crippen molar-refractivity contribution in [1.29, 1.82) is 0 Å². The van der Waals surface area contributed by atoms with Crippen LogP contribution in [0.2, 0.25) is 0 Å². The lowest BCUT2D eigenvalue weighted by Gasteiger charge is -2.33. The van der Waals surface area contributed by atoms with Crippen LogP contribution in [0.25, 0.3) is 0 Å². The number of carbonyl (C=O) groups excluding carboxylic acids is 2. The summed E-state index contributed by atoms with van der Waals surface area (Å²) < 4.78 is 47.2. The average Bonchev–Trinajstić information content (AvgIpc) is 2.91. The van der Waals surface area contributed by atoms with E-state index in [0.29, 0.717) is 17.0 Å². The normalized spacial score (nSPS) is 19.0.